The number of aromatic nitrogens is 1. The fraction of sp³-hybridized carbons (Fsp3) is 0.429. The van der Waals surface area contributed by atoms with Gasteiger partial charge in [-0.15, -0.1) is 0 Å². The largest absolute Gasteiger partial charge is 0.361 e. The lowest BCUT2D eigenvalue weighted by Gasteiger charge is -2.18. The van der Waals surface area contributed by atoms with Gasteiger partial charge in [0.1, 0.15) is 11.5 Å². The number of carbonyl (C=O) groups is 1. The van der Waals surface area contributed by atoms with E-state index in [1.165, 1.54) is 16.7 Å². The molecular weight excluding hydrogens is 298 g/mol. The summed E-state index contributed by atoms with van der Waals surface area (Å²) in [7, 11) is 0. The molecular formula is C21H25NO2. The third-order valence-corrected chi connectivity index (χ3v) is 5.26. The SMILES string of the molecule is C=C1CC(Cc2c(C)noc2C)C(=O)C1c1c(C)cc(C)cc1C. The number of nitrogens with zero attached hydrogens (tertiary/aromatic N) is 1. The highest BCUT2D eigenvalue weighted by Crippen LogP contribution is 2.43. The van der Waals surface area contributed by atoms with Crippen molar-refractivity contribution in [2.24, 2.45) is 5.92 Å². The summed E-state index contributed by atoms with van der Waals surface area (Å²) in [6.07, 6.45) is 1.44. The molecule has 1 aliphatic rings. The zero-order chi connectivity index (χ0) is 17.6. The fourth-order valence-electron chi connectivity index (χ4n) is 4.18. The number of allylic oxidation sites excluding steroid dienone is 1. The minimum absolute atomic E-state index is 0.0283. The first-order valence-electron chi connectivity index (χ1n) is 8.50. The Bertz CT molecular complexity index is 786. The van der Waals surface area contributed by atoms with Crippen molar-refractivity contribution in [1.82, 2.24) is 5.16 Å². The number of Topliss-reactive ketones (excluding diaryl/α,β-unsaturated/α-hetero) is 1. The second kappa shape index (κ2) is 6.04. The molecule has 1 fully saturated rings. The molecule has 126 valence electrons. The van der Waals surface area contributed by atoms with Gasteiger partial charge in [-0.3, -0.25) is 4.79 Å². The third-order valence-electron chi connectivity index (χ3n) is 5.26. The van der Waals surface area contributed by atoms with Crippen LogP contribution < -0.4 is 0 Å². The van der Waals surface area contributed by atoms with Crippen LogP contribution in [-0.4, -0.2) is 10.9 Å². The molecule has 2 unspecified atom stereocenters. The highest BCUT2D eigenvalue weighted by Gasteiger charge is 2.39. The Labute approximate surface area is 143 Å². The van der Waals surface area contributed by atoms with Crippen LogP contribution >= 0.6 is 0 Å². The molecule has 0 radical (unpaired) electrons. The molecule has 3 heteroatoms. The maximum atomic E-state index is 13.1. The normalized spacial score (nSPS) is 20.9. The van der Waals surface area contributed by atoms with Crippen molar-refractivity contribution in [3.63, 3.8) is 0 Å². The van der Waals surface area contributed by atoms with E-state index in [0.29, 0.717) is 6.42 Å². The molecule has 0 N–H and O–H groups in total. The average molecular weight is 323 g/mol. The van der Waals surface area contributed by atoms with E-state index < -0.39 is 0 Å². The summed E-state index contributed by atoms with van der Waals surface area (Å²) < 4.78 is 5.25. The van der Waals surface area contributed by atoms with Crippen LogP contribution in [0.2, 0.25) is 0 Å². The van der Waals surface area contributed by atoms with Gasteiger partial charge in [0.2, 0.25) is 0 Å². The molecule has 0 spiro atoms. The van der Waals surface area contributed by atoms with Gasteiger partial charge < -0.3 is 4.52 Å². The smallest absolute Gasteiger partial charge is 0.148 e. The monoisotopic (exact) mass is 323 g/mol. The van der Waals surface area contributed by atoms with Gasteiger partial charge in [0.25, 0.3) is 0 Å². The van der Waals surface area contributed by atoms with Gasteiger partial charge >= 0.3 is 0 Å². The molecule has 1 aromatic carbocycles. The highest BCUT2D eigenvalue weighted by atomic mass is 16.5. The number of aryl methyl sites for hydroxylation is 5. The van der Waals surface area contributed by atoms with Gasteiger partial charge in [0.15, 0.2) is 0 Å². The van der Waals surface area contributed by atoms with E-state index in [-0.39, 0.29) is 17.6 Å². The molecule has 0 saturated heterocycles. The molecule has 0 amide bonds. The first-order chi connectivity index (χ1) is 11.3. The minimum Gasteiger partial charge on any atom is -0.361 e. The molecule has 2 atom stereocenters. The Morgan fingerprint density at radius 3 is 2.33 bits per heavy atom. The quantitative estimate of drug-likeness (QED) is 0.770. The Hall–Kier alpha value is -2.16. The van der Waals surface area contributed by atoms with Crippen LogP contribution in [-0.2, 0) is 11.2 Å². The van der Waals surface area contributed by atoms with Gasteiger partial charge in [-0.2, -0.15) is 0 Å². The first kappa shape index (κ1) is 16.7. The molecule has 3 rings (SSSR count). The average Bonchev–Trinajstić information content (AvgIpc) is 2.94. The van der Waals surface area contributed by atoms with Crippen molar-refractivity contribution in [1.29, 1.82) is 0 Å². The van der Waals surface area contributed by atoms with E-state index >= 15 is 0 Å². The highest BCUT2D eigenvalue weighted by molar-refractivity contribution is 5.95. The van der Waals surface area contributed by atoms with Gasteiger partial charge in [-0.25, -0.2) is 0 Å². The van der Waals surface area contributed by atoms with Crippen LogP contribution in [0.15, 0.2) is 28.8 Å². The molecule has 3 nitrogen and oxygen atoms in total. The zero-order valence-electron chi connectivity index (χ0n) is 15.2. The predicted octanol–water partition coefficient (Wildman–Crippen LogP) is 4.69. The molecule has 0 aliphatic heterocycles. The van der Waals surface area contributed by atoms with Gasteiger partial charge in [0, 0.05) is 11.5 Å². The predicted molar refractivity (Wildman–Crippen MR) is 95.3 cm³/mol. The molecule has 0 bridgehead atoms. The number of hydrogen-bond acceptors (Lipinski definition) is 3. The van der Waals surface area contributed by atoms with Crippen LogP contribution in [0, 0.1) is 40.5 Å². The second-order valence-electron chi connectivity index (χ2n) is 7.21. The van der Waals surface area contributed by atoms with E-state index in [2.05, 4.69) is 44.6 Å². The Kier molecular flexibility index (Phi) is 4.20. The van der Waals surface area contributed by atoms with Gasteiger partial charge in [-0.1, -0.05) is 35.0 Å². The molecule has 1 heterocycles. The summed E-state index contributed by atoms with van der Waals surface area (Å²) in [4.78, 5) is 13.1. The van der Waals surface area contributed by atoms with Crippen molar-refractivity contribution < 1.29 is 9.32 Å². The maximum Gasteiger partial charge on any atom is 0.148 e. The second-order valence-corrected chi connectivity index (χ2v) is 7.21. The number of ketones is 1. The summed E-state index contributed by atoms with van der Waals surface area (Å²) in [5, 5.41) is 4.01. The van der Waals surface area contributed by atoms with Crippen molar-refractivity contribution in [3.8, 4) is 0 Å². The maximum absolute atomic E-state index is 13.1. The van der Waals surface area contributed by atoms with Gasteiger partial charge in [-0.05, 0) is 64.2 Å². The van der Waals surface area contributed by atoms with E-state index in [1.54, 1.807) is 0 Å². The Morgan fingerprint density at radius 1 is 1.17 bits per heavy atom. The lowest BCUT2D eigenvalue weighted by atomic mass is 9.85. The van der Waals surface area contributed by atoms with E-state index in [4.69, 9.17) is 4.52 Å². The number of rotatable bonds is 3. The molecule has 2 aromatic rings. The van der Waals surface area contributed by atoms with Crippen LogP contribution in [0.3, 0.4) is 0 Å². The standard InChI is InChI=1S/C21H25NO2/c1-11-7-12(2)19(13(3)8-11)20-14(4)9-17(21(20)23)10-18-15(5)22-24-16(18)6/h7-8,17,20H,4,9-10H2,1-3,5-6H3. The first-order valence-corrected chi connectivity index (χ1v) is 8.50. The zero-order valence-corrected chi connectivity index (χ0v) is 15.2. The fourth-order valence-corrected chi connectivity index (χ4v) is 4.18. The van der Waals surface area contributed by atoms with Crippen LogP contribution in [0.5, 0.6) is 0 Å². The Morgan fingerprint density at radius 2 is 1.79 bits per heavy atom. The number of hydrogen-bond donors (Lipinski definition) is 0. The molecule has 1 aromatic heterocycles. The van der Waals surface area contributed by atoms with E-state index in [9.17, 15) is 4.79 Å². The third kappa shape index (κ3) is 2.72. The number of benzene rings is 1. The molecule has 1 aliphatic carbocycles. The summed E-state index contributed by atoms with van der Waals surface area (Å²) in [6, 6.07) is 4.31. The van der Waals surface area contributed by atoms with Crippen LogP contribution in [0.1, 0.15) is 51.6 Å². The summed E-state index contributed by atoms with van der Waals surface area (Å²) in [6.45, 7) is 14.4. The molecule has 24 heavy (non-hydrogen) atoms. The van der Waals surface area contributed by atoms with Crippen LogP contribution in [0.25, 0.3) is 0 Å². The van der Waals surface area contributed by atoms with Crippen molar-refractivity contribution in [2.75, 3.05) is 0 Å². The number of carbonyl (C=O) groups excluding carboxylic acids is 1. The topological polar surface area (TPSA) is 43.1 Å². The van der Waals surface area contributed by atoms with Crippen molar-refractivity contribution in [3.05, 3.63) is 63.6 Å². The minimum atomic E-state index is -0.170. The van der Waals surface area contributed by atoms with E-state index in [0.717, 1.165) is 34.6 Å². The lowest BCUT2D eigenvalue weighted by molar-refractivity contribution is -0.121. The molecule has 1 saturated carbocycles. The van der Waals surface area contributed by atoms with E-state index in [1.807, 2.05) is 13.8 Å². The summed E-state index contributed by atoms with van der Waals surface area (Å²) >= 11 is 0. The summed E-state index contributed by atoms with van der Waals surface area (Å²) in [5.74, 6) is 0.905. The Balaban J connectivity index is 1.93. The lowest BCUT2D eigenvalue weighted by Crippen LogP contribution is -2.17. The summed E-state index contributed by atoms with van der Waals surface area (Å²) in [5.41, 5.74) is 7.74. The van der Waals surface area contributed by atoms with Crippen molar-refractivity contribution in [2.45, 2.75) is 53.4 Å². The van der Waals surface area contributed by atoms with Gasteiger partial charge in [0.05, 0.1) is 11.6 Å². The van der Waals surface area contributed by atoms with Crippen LogP contribution in [0.4, 0.5) is 0 Å². The van der Waals surface area contributed by atoms with Crippen molar-refractivity contribution >= 4 is 5.78 Å².